The largest absolute Gasteiger partial charge is 0.462 e. The van der Waals surface area contributed by atoms with Gasteiger partial charge in [0.2, 0.25) is 0 Å². The number of halogens is 1. The van der Waals surface area contributed by atoms with Crippen LogP contribution in [0.1, 0.15) is 45.0 Å². The third-order valence-electron chi connectivity index (χ3n) is 5.15. The summed E-state index contributed by atoms with van der Waals surface area (Å²) in [5.41, 5.74) is 2.08. The average molecular weight is 509 g/mol. The van der Waals surface area contributed by atoms with Crippen molar-refractivity contribution < 1.29 is 9.53 Å². The Hall–Kier alpha value is -3.26. The lowest BCUT2D eigenvalue weighted by molar-refractivity contribution is -0.148. The minimum Gasteiger partial charge on any atom is -0.462 e. The number of fused-ring (bicyclic) bond motifs is 2. The van der Waals surface area contributed by atoms with E-state index in [4.69, 9.17) is 4.74 Å². The van der Waals surface area contributed by atoms with Crippen molar-refractivity contribution in [2.24, 2.45) is 5.10 Å². The normalized spacial score (nSPS) is 12.0. The first kappa shape index (κ1) is 22.9. The molecule has 0 saturated heterocycles. The molecular weight excluding hydrogens is 484 g/mol. The summed E-state index contributed by atoms with van der Waals surface area (Å²) in [5, 5.41) is 5.96. The standard InChI is InChI=1S/C25H25BrN4O3/c1-15(2)24-28-21-10-9-18(26)11-20(21)25(32)30(24)27-12-17-13-29(14-23(31)33-16(3)4)22-8-6-5-7-19(17)22/h5-13,15-16H,14H2,1-4H3. The maximum absolute atomic E-state index is 13.3. The minimum atomic E-state index is -0.308. The van der Waals surface area contributed by atoms with Gasteiger partial charge in [0.25, 0.3) is 5.56 Å². The summed E-state index contributed by atoms with van der Waals surface area (Å²) >= 11 is 3.42. The number of carbonyl (C=O) groups is 1. The van der Waals surface area contributed by atoms with E-state index in [0.29, 0.717) is 16.7 Å². The highest BCUT2D eigenvalue weighted by molar-refractivity contribution is 9.10. The molecule has 0 unspecified atom stereocenters. The first-order chi connectivity index (χ1) is 15.7. The van der Waals surface area contributed by atoms with Gasteiger partial charge in [0.15, 0.2) is 0 Å². The molecule has 2 aromatic heterocycles. The predicted molar refractivity (Wildman–Crippen MR) is 134 cm³/mol. The van der Waals surface area contributed by atoms with Crippen LogP contribution in [-0.4, -0.2) is 32.5 Å². The van der Waals surface area contributed by atoms with Gasteiger partial charge in [0.1, 0.15) is 12.4 Å². The highest BCUT2D eigenvalue weighted by Gasteiger charge is 2.15. The van der Waals surface area contributed by atoms with Crippen molar-refractivity contribution in [3.05, 3.63) is 74.9 Å². The Bertz CT molecular complexity index is 1430. The van der Waals surface area contributed by atoms with Gasteiger partial charge in [-0.3, -0.25) is 9.59 Å². The molecule has 0 amide bonds. The van der Waals surface area contributed by atoms with Crippen molar-refractivity contribution >= 4 is 49.9 Å². The first-order valence-electron chi connectivity index (χ1n) is 10.8. The van der Waals surface area contributed by atoms with Gasteiger partial charge in [-0.15, -0.1) is 0 Å². The molecule has 170 valence electrons. The van der Waals surface area contributed by atoms with Crippen LogP contribution < -0.4 is 5.56 Å². The SMILES string of the molecule is CC(C)OC(=O)Cn1cc(C=Nn2c(C(C)C)nc3ccc(Br)cc3c2=O)c2ccccc21. The number of rotatable bonds is 6. The molecule has 7 nitrogen and oxygen atoms in total. The number of ether oxygens (including phenoxy) is 1. The fourth-order valence-electron chi connectivity index (χ4n) is 3.72. The highest BCUT2D eigenvalue weighted by Crippen LogP contribution is 2.22. The lowest BCUT2D eigenvalue weighted by Crippen LogP contribution is -2.23. The molecule has 0 fully saturated rings. The van der Waals surface area contributed by atoms with Crippen LogP contribution in [0.2, 0.25) is 0 Å². The van der Waals surface area contributed by atoms with Crippen LogP contribution >= 0.6 is 15.9 Å². The number of hydrogen-bond donors (Lipinski definition) is 0. The Morgan fingerprint density at radius 3 is 2.64 bits per heavy atom. The second-order valence-electron chi connectivity index (χ2n) is 8.42. The fourth-order valence-corrected chi connectivity index (χ4v) is 4.08. The highest BCUT2D eigenvalue weighted by atomic mass is 79.9. The monoisotopic (exact) mass is 508 g/mol. The van der Waals surface area contributed by atoms with E-state index in [-0.39, 0.29) is 30.1 Å². The van der Waals surface area contributed by atoms with Crippen molar-refractivity contribution in [2.45, 2.75) is 46.3 Å². The number of benzene rings is 2. The molecular formula is C25H25BrN4O3. The summed E-state index contributed by atoms with van der Waals surface area (Å²) in [4.78, 5) is 30.2. The Balaban J connectivity index is 1.80. The molecule has 0 radical (unpaired) electrons. The van der Waals surface area contributed by atoms with Crippen LogP contribution in [0.25, 0.3) is 21.8 Å². The molecule has 0 spiro atoms. The van der Waals surface area contributed by atoms with Crippen LogP contribution in [-0.2, 0) is 16.1 Å². The molecule has 2 heterocycles. The van der Waals surface area contributed by atoms with E-state index in [2.05, 4.69) is 26.0 Å². The molecule has 2 aromatic carbocycles. The lowest BCUT2D eigenvalue weighted by Gasteiger charge is -2.11. The van der Waals surface area contributed by atoms with Crippen LogP contribution in [0.5, 0.6) is 0 Å². The average Bonchev–Trinajstić information content (AvgIpc) is 3.10. The number of nitrogens with zero attached hydrogens (tertiary/aromatic N) is 4. The summed E-state index contributed by atoms with van der Waals surface area (Å²) < 4.78 is 9.30. The molecule has 0 aliphatic heterocycles. The molecule has 8 heteroatoms. The molecule has 0 bridgehead atoms. The van der Waals surface area contributed by atoms with Crippen molar-refractivity contribution in [3.8, 4) is 0 Å². The summed E-state index contributed by atoms with van der Waals surface area (Å²) in [5.74, 6) is 0.266. The van der Waals surface area contributed by atoms with E-state index in [1.54, 1.807) is 12.3 Å². The molecule has 4 rings (SSSR count). The van der Waals surface area contributed by atoms with Crippen molar-refractivity contribution in [1.82, 2.24) is 14.2 Å². The van der Waals surface area contributed by atoms with Gasteiger partial charge in [-0.05, 0) is 38.1 Å². The quantitative estimate of drug-likeness (QED) is 0.269. The van der Waals surface area contributed by atoms with Gasteiger partial charge < -0.3 is 9.30 Å². The van der Waals surface area contributed by atoms with E-state index >= 15 is 0 Å². The van der Waals surface area contributed by atoms with Gasteiger partial charge in [-0.25, -0.2) is 4.98 Å². The molecule has 33 heavy (non-hydrogen) atoms. The molecule has 0 aliphatic rings. The van der Waals surface area contributed by atoms with Crippen LogP contribution in [0.4, 0.5) is 0 Å². The Kier molecular flexibility index (Phi) is 6.47. The number of hydrogen-bond acceptors (Lipinski definition) is 5. The zero-order valence-corrected chi connectivity index (χ0v) is 20.5. The molecule has 4 aromatic rings. The van der Waals surface area contributed by atoms with E-state index in [1.807, 2.05) is 74.9 Å². The maximum atomic E-state index is 13.3. The third-order valence-corrected chi connectivity index (χ3v) is 5.64. The van der Waals surface area contributed by atoms with Crippen molar-refractivity contribution in [3.63, 3.8) is 0 Å². The van der Waals surface area contributed by atoms with Crippen LogP contribution in [0, 0.1) is 0 Å². The second kappa shape index (κ2) is 9.31. The van der Waals surface area contributed by atoms with E-state index < -0.39 is 0 Å². The van der Waals surface area contributed by atoms with Gasteiger partial charge in [-0.2, -0.15) is 9.78 Å². The third kappa shape index (κ3) is 4.75. The van der Waals surface area contributed by atoms with Crippen LogP contribution in [0.3, 0.4) is 0 Å². The van der Waals surface area contributed by atoms with E-state index in [0.717, 1.165) is 20.9 Å². The Morgan fingerprint density at radius 1 is 1.15 bits per heavy atom. The van der Waals surface area contributed by atoms with E-state index in [1.165, 1.54) is 4.68 Å². The summed E-state index contributed by atoms with van der Waals surface area (Å²) in [6.07, 6.45) is 3.31. The summed E-state index contributed by atoms with van der Waals surface area (Å²) in [6, 6.07) is 13.2. The zero-order valence-electron chi connectivity index (χ0n) is 18.9. The van der Waals surface area contributed by atoms with Crippen molar-refractivity contribution in [2.75, 3.05) is 0 Å². The smallest absolute Gasteiger partial charge is 0.326 e. The van der Waals surface area contributed by atoms with E-state index in [9.17, 15) is 9.59 Å². The molecule has 0 saturated carbocycles. The molecule has 0 atom stereocenters. The summed E-state index contributed by atoms with van der Waals surface area (Å²) in [6.45, 7) is 7.69. The maximum Gasteiger partial charge on any atom is 0.326 e. The van der Waals surface area contributed by atoms with Gasteiger partial charge in [0.05, 0.1) is 23.2 Å². The molecule has 0 N–H and O–H groups in total. The summed E-state index contributed by atoms with van der Waals surface area (Å²) in [7, 11) is 0. The Labute approximate surface area is 199 Å². The number of aromatic nitrogens is 3. The second-order valence-corrected chi connectivity index (χ2v) is 9.33. The first-order valence-corrected chi connectivity index (χ1v) is 11.6. The topological polar surface area (TPSA) is 78.5 Å². The number of para-hydroxylation sites is 1. The van der Waals surface area contributed by atoms with Crippen LogP contribution in [0.15, 0.2) is 63.0 Å². The van der Waals surface area contributed by atoms with Crippen molar-refractivity contribution in [1.29, 1.82) is 0 Å². The lowest BCUT2D eigenvalue weighted by atomic mass is 10.2. The Morgan fingerprint density at radius 2 is 1.91 bits per heavy atom. The minimum absolute atomic E-state index is 0.00459. The number of esters is 1. The predicted octanol–water partition coefficient (Wildman–Crippen LogP) is 5.07. The van der Waals surface area contributed by atoms with Gasteiger partial charge >= 0.3 is 5.97 Å². The zero-order chi connectivity index (χ0) is 23.7. The number of carbonyl (C=O) groups excluding carboxylic acids is 1. The van der Waals surface area contributed by atoms with Gasteiger partial charge in [0, 0.05) is 33.1 Å². The van der Waals surface area contributed by atoms with Gasteiger partial charge in [-0.1, -0.05) is 48.0 Å². The molecule has 0 aliphatic carbocycles. The fraction of sp³-hybridized carbons (Fsp3) is 0.280.